The van der Waals surface area contributed by atoms with Crippen LogP contribution in [0.2, 0.25) is 0 Å². The summed E-state index contributed by atoms with van der Waals surface area (Å²) in [6.45, 7) is 0. The van der Waals surface area contributed by atoms with Gasteiger partial charge in [0.1, 0.15) is 0 Å². The highest BCUT2D eigenvalue weighted by atomic mass is 32.2. The molecule has 2 rings (SSSR count). The molecule has 0 heterocycles. The SMILES string of the molecule is NC(c1ccccc1)[SH](O)Cc1ccccc1. The lowest BCUT2D eigenvalue weighted by Gasteiger charge is -2.23. The van der Waals surface area contributed by atoms with Crippen LogP contribution in [0.5, 0.6) is 0 Å². The maximum Gasteiger partial charge on any atom is 0.0794 e. The van der Waals surface area contributed by atoms with Crippen LogP contribution in [0, 0.1) is 0 Å². The molecule has 90 valence electrons. The minimum Gasteiger partial charge on any atom is -0.352 e. The maximum atomic E-state index is 10.2. The fourth-order valence-corrected chi connectivity index (χ4v) is 2.99. The van der Waals surface area contributed by atoms with Crippen molar-refractivity contribution in [2.24, 2.45) is 5.73 Å². The van der Waals surface area contributed by atoms with Crippen molar-refractivity contribution in [1.82, 2.24) is 0 Å². The van der Waals surface area contributed by atoms with E-state index in [0.717, 1.165) is 11.1 Å². The van der Waals surface area contributed by atoms with Crippen molar-refractivity contribution in [3.05, 3.63) is 71.8 Å². The van der Waals surface area contributed by atoms with Crippen LogP contribution in [0.25, 0.3) is 0 Å². The summed E-state index contributed by atoms with van der Waals surface area (Å²) in [6, 6.07) is 19.7. The van der Waals surface area contributed by atoms with Gasteiger partial charge in [0.2, 0.25) is 0 Å². The average molecular weight is 247 g/mol. The number of hydrogen-bond donors (Lipinski definition) is 3. The Labute approximate surface area is 105 Å². The van der Waals surface area contributed by atoms with Crippen molar-refractivity contribution in [1.29, 1.82) is 0 Å². The molecule has 17 heavy (non-hydrogen) atoms. The van der Waals surface area contributed by atoms with Crippen molar-refractivity contribution in [2.75, 3.05) is 0 Å². The van der Waals surface area contributed by atoms with E-state index in [1.165, 1.54) is 0 Å². The molecule has 0 amide bonds. The molecule has 0 fully saturated rings. The summed E-state index contributed by atoms with van der Waals surface area (Å²) in [5.41, 5.74) is 8.19. The lowest BCUT2D eigenvalue weighted by atomic mass is 10.2. The van der Waals surface area contributed by atoms with Gasteiger partial charge >= 0.3 is 0 Å². The predicted octanol–water partition coefficient (Wildman–Crippen LogP) is 3.32. The Morgan fingerprint density at radius 2 is 1.47 bits per heavy atom. The number of rotatable bonds is 4. The third kappa shape index (κ3) is 3.33. The summed E-state index contributed by atoms with van der Waals surface area (Å²) in [4.78, 5) is 0. The predicted molar refractivity (Wildman–Crippen MR) is 75.1 cm³/mol. The first-order valence-corrected chi connectivity index (χ1v) is 7.12. The highest BCUT2D eigenvalue weighted by Crippen LogP contribution is 2.38. The van der Waals surface area contributed by atoms with E-state index >= 15 is 0 Å². The molecule has 3 N–H and O–H groups in total. The van der Waals surface area contributed by atoms with E-state index in [9.17, 15) is 4.55 Å². The van der Waals surface area contributed by atoms with Gasteiger partial charge in [-0.25, -0.2) is 0 Å². The Kier molecular flexibility index (Phi) is 4.20. The second-order valence-corrected chi connectivity index (χ2v) is 5.69. The van der Waals surface area contributed by atoms with Gasteiger partial charge in [-0.3, -0.25) is 0 Å². The van der Waals surface area contributed by atoms with Crippen molar-refractivity contribution >= 4 is 11.2 Å². The summed E-state index contributed by atoms with van der Waals surface area (Å²) < 4.78 is 10.2. The number of nitrogens with two attached hydrogens (primary N) is 1. The van der Waals surface area contributed by atoms with E-state index in [2.05, 4.69) is 0 Å². The monoisotopic (exact) mass is 247 g/mol. The molecule has 0 aliphatic carbocycles. The van der Waals surface area contributed by atoms with E-state index in [-0.39, 0.29) is 5.37 Å². The standard InChI is InChI=1S/C14H17NOS/c15-14(13-9-5-2-6-10-13)17(16)11-12-7-3-1-4-8-12/h1-10,14,16-17H,11,15H2. The van der Waals surface area contributed by atoms with Crippen LogP contribution in [-0.4, -0.2) is 4.55 Å². The van der Waals surface area contributed by atoms with E-state index < -0.39 is 11.2 Å². The van der Waals surface area contributed by atoms with Crippen LogP contribution in [0.3, 0.4) is 0 Å². The highest BCUT2D eigenvalue weighted by molar-refractivity contribution is 8.11. The van der Waals surface area contributed by atoms with Gasteiger partial charge in [0.25, 0.3) is 0 Å². The number of benzene rings is 2. The van der Waals surface area contributed by atoms with Crippen molar-refractivity contribution in [3.63, 3.8) is 0 Å². The molecule has 0 aliphatic heterocycles. The Bertz CT molecular complexity index is 446. The zero-order chi connectivity index (χ0) is 12.1. The molecule has 0 saturated carbocycles. The molecule has 2 atom stereocenters. The zero-order valence-corrected chi connectivity index (χ0v) is 10.4. The summed E-state index contributed by atoms with van der Waals surface area (Å²) in [5, 5.41) is -0.272. The fraction of sp³-hybridized carbons (Fsp3) is 0.143. The van der Waals surface area contributed by atoms with Crippen molar-refractivity contribution < 1.29 is 4.55 Å². The van der Waals surface area contributed by atoms with Crippen LogP contribution < -0.4 is 5.73 Å². The fourth-order valence-electron chi connectivity index (χ4n) is 1.69. The molecular weight excluding hydrogens is 230 g/mol. The van der Waals surface area contributed by atoms with Crippen LogP contribution in [0.15, 0.2) is 60.7 Å². The van der Waals surface area contributed by atoms with Crippen LogP contribution in [0.1, 0.15) is 16.5 Å². The summed E-state index contributed by atoms with van der Waals surface area (Å²) >= 11 is -1.22. The molecule has 2 aromatic rings. The van der Waals surface area contributed by atoms with Gasteiger partial charge in [-0.15, -0.1) is 11.2 Å². The minimum atomic E-state index is -1.22. The molecule has 2 nitrogen and oxygen atoms in total. The molecule has 3 heteroatoms. The summed E-state index contributed by atoms with van der Waals surface area (Å²) in [5.74, 6) is 0.645. The Balaban J connectivity index is 2.03. The van der Waals surface area contributed by atoms with Gasteiger partial charge in [-0.1, -0.05) is 60.7 Å². The normalized spacial score (nSPS) is 15.3. The minimum absolute atomic E-state index is 0.272. The molecule has 0 spiro atoms. The highest BCUT2D eigenvalue weighted by Gasteiger charge is 2.12. The topological polar surface area (TPSA) is 46.2 Å². The first kappa shape index (κ1) is 12.2. The second kappa shape index (κ2) is 5.87. The lowest BCUT2D eigenvalue weighted by Crippen LogP contribution is -2.11. The molecule has 0 bridgehead atoms. The lowest BCUT2D eigenvalue weighted by molar-refractivity contribution is 0.630. The molecule has 2 unspecified atom stereocenters. The van der Waals surface area contributed by atoms with Crippen molar-refractivity contribution in [2.45, 2.75) is 11.1 Å². The van der Waals surface area contributed by atoms with Crippen LogP contribution >= 0.6 is 11.2 Å². The van der Waals surface area contributed by atoms with E-state index in [1.54, 1.807) is 0 Å². The Morgan fingerprint density at radius 3 is 2.06 bits per heavy atom. The second-order valence-electron chi connectivity index (χ2n) is 3.94. The largest absolute Gasteiger partial charge is 0.352 e. The van der Waals surface area contributed by atoms with Gasteiger partial charge < -0.3 is 10.3 Å². The van der Waals surface area contributed by atoms with Gasteiger partial charge in [0, 0.05) is 5.75 Å². The van der Waals surface area contributed by atoms with E-state index in [4.69, 9.17) is 5.73 Å². The quantitative estimate of drug-likeness (QED) is 0.726. The summed E-state index contributed by atoms with van der Waals surface area (Å²) in [7, 11) is 0. The summed E-state index contributed by atoms with van der Waals surface area (Å²) in [6.07, 6.45) is 0. The third-order valence-electron chi connectivity index (χ3n) is 2.65. The van der Waals surface area contributed by atoms with Crippen LogP contribution in [-0.2, 0) is 5.75 Å². The average Bonchev–Trinajstić information content (AvgIpc) is 2.40. The molecule has 0 saturated heterocycles. The van der Waals surface area contributed by atoms with E-state index in [0.29, 0.717) is 5.75 Å². The number of hydrogen-bond acceptors (Lipinski definition) is 2. The number of thiol groups is 1. The first-order valence-electron chi connectivity index (χ1n) is 5.57. The molecule has 2 aromatic carbocycles. The van der Waals surface area contributed by atoms with Crippen molar-refractivity contribution in [3.8, 4) is 0 Å². The van der Waals surface area contributed by atoms with Gasteiger partial charge in [-0.2, -0.15) is 0 Å². The Hall–Kier alpha value is -1.29. The smallest absolute Gasteiger partial charge is 0.0794 e. The van der Waals surface area contributed by atoms with Gasteiger partial charge in [0.05, 0.1) is 5.37 Å². The third-order valence-corrected chi connectivity index (χ3v) is 4.28. The Morgan fingerprint density at radius 1 is 0.941 bits per heavy atom. The molecular formula is C14H17NOS. The molecule has 0 aliphatic rings. The van der Waals surface area contributed by atoms with Gasteiger partial charge in [-0.05, 0) is 11.1 Å². The van der Waals surface area contributed by atoms with Crippen LogP contribution in [0.4, 0.5) is 0 Å². The first-order chi connectivity index (χ1) is 8.27. The van der Waals surface area contributed by atoms with Gasteiger partial charge in [0.15, 0.2) is 0 Å². The molecule has 0 radical (unpaired) electrons. The molecule has 0 aromatic heterocycles. The van der Waals surface area contributed by atoms with E-state index in [1.807, 2.05) is 60.7 Å². The zero-order valence-electron chi connectivity index (χ0n) is 9.53. The maximum absolute atomic E-state index is 10.2.